The summed E-state index contributed by atoms with van der Waals surface area (Å²) in [6, 6.07) is 9.32. The van der Waals surface area contributed by atoms with Crippen LogP contribution in [-0.4, -0.2) is 40.2 Å². The van der Waals surface area contributed by atoms with Crippen LogP contribution in [0.15, 0.2) is 30.3 Å². The van der Waals surface area contributed by atoms with E-state index in [0.29, 0.717) is 6.42 Å². The molecule has 0 saturated carbocycles. The van der Waals surface area contributed by atoms with E-state index in [-0.39, 0.29) is 24.4 Å². The van der Waals surface area contributed by atoms with E-state index in [1.54, 1.807) is 0 Å². The van der Waals surface area contributed by atoms with Gasteiger partial charge in [-0.15, -0.1) is 12.4 Å². The zero-order valence-electron chi connectivity index (χ0n) is 12.3. The molecule has 1 aromatic carbocycles. The molecule has 1 aliphatic heterocycles. The minimum Gasteiger partial charge on any atom is -0.480 e. The maximum Gasteiger partial charge on any atom is 0.320 e. The molecular weight excluding hydrogens is 290 g/mol. The second-order valence-electron chi connectivity index (χ2n) is 5.49. The zero-order valence-corrected chi connectivity index (χ0v) is 13.1. The average molecular weight is 314 g/mol. The van der Waals surface area contributed by atoms with E-state index in [0.717, 1.165) is 31.5 Å². The van der Waals surface area contributed by atoms with Gasteiger partial charge in [0.1, 0.15) is 6.04 Å². The molecule has 1 heterocycles. The number of likely N-dealkylation sites (tertiary alicyclic amines) is 1. The summed E-state index contributed by atoms with van der Waals surface area (Å²) in [5, 5.41) is 19.6. The van der Waals surface area contributed by atoms with Crippen molar-refractivity contribution in [1.82, 2.24) is 4.90 Å². The smallest absolute Gasteiger partial charge is 0.320 e. The minimum atomic E-state index is -0.741. The number of aliphatic hydroxyl groups is 1. The fourth-order valence-corrected chi connectivity index (χ4v) is 3.06. The van der Waals surface area contributed by atoms with Gasteiger partial charge in [-0.25, -0.2) is 0 Å². The molecule has 1 aliphatic rings. The fraction of sp³-hybridized carbons (Fsp3) is 0.562. The molecule has 2 atom stereocenters. The standard InChI is InChI=1S/C16H23NO3.ClH/c1-2-14(16(19)20)17-10-8-13(9-11-17)15(18)12-6-4-3-5-7-12;/h3-7,13-15,18H,2,8-11H2,1H3,(H,19,20);1H. The van der Waals surface area contributed by atoms with Crippen LogP contribution in [0.5, 0.6) is 0 Å². The molecule has 1 saturated heterocycles. The first-order valence-corrected chi connectivity index (χ1v) is 7.33. The van der Waals surface area contributed by atoms with Crippen LogP contribution in [-0.2, 0) is 4.79 Å². The van der Waals surface area contributed by atoms with Crippen molar-refractivity contribution in [2.75, 3.05) is 13.1 Å². The van der Waals surface area contributed by atoms with Crippen LogP contribution < -0.4 is 0 Å². The first kappa shape index (κ1) is 18.0. The minimum absolute atomic E-state index is 0. The molecule has 21 heavy (non-hydrogen) atoms. The number of nitrogens with zero attached hydrogens (tertiary/aromatic N) is 1. The number of rotatable bonds is 5. The van der Waals surface area contributed by atoms with E-state index in [1.165, 1.54) is 0 Å². The van der Waals surface area contributed by atoms with Crippen molar-refractivity contribution in [3.63, 3.8) is 0 Å². The molecule has 5 heteroatoms. The topological polar surface area (TPSA) is 60.8 Å². The Kier molecular flexibility index (Phi) is 7.15. The molecule has 1 fully saturated rings. The average Bonchev–Trinajstić information content (AvgIpc) is 2.48. The van der Waals surface area contributed by atoms with E-state index in [2.05, 4.69) is 0 Å². The number of benzene rings is 1. The molecule has 0 amide bonds. The molecule has 2 rings (SSSR count). The Balaban J connectivity index is 0.00000220. The molecule has 4 nitrogen and oxygen atoms in total. The third-order valence-corrected chi connectivity index (χ3v) is 4.27. The monoisotopic (exact) mass is 313 g/mol. The van der Waals surface area contributed by atoms with Crippen LogP contribution in [0, 0.1) is 5.92 Å². The number of carbonyl (C=O) groups is 1. The highest BCUT2D eigenvalue weighted by Gasteiger charge is 2.31. The van der Waals surface area contributed by atoms with Gasteiger partial charge in [-0.1, -0.05) is 37.3 Å². The first-order valence-electron chi connectivity index (χ1n) is 7.33. The van der Waals surface area contributed by atoms with Gasteiger partial charge in [0.25, 0.3) is 0 Å². The predicted molar refractivity (Wildman–Crippen MR) is 84.7 cm³/mol. The van der Waals surface area contributed by atoms with Crippen LogP contribution in [0.1, 0.15) is 37.9 Å². The van der Waals surface area contributed by atoms with Crippen LogP contribution in [0.4, 0.5) is 0 Å². The van der Waals surface area contributed by atoms with Crippen molar-refractivity contribution in [2.45, 2.75) is 38.3 Å². The lowest BCUT2D eigenvalue weighted by Crippen LogP contribution is -2.46. The highest BCUT2D eigenvalue weighted by atomic mass is 35.5. The number of hydrogen-bond acceptors (Lipinski definition) is 3. The summed E-state index contributed by atoms with van der Waals surface area (Å²) in [7, 11) is 0. The van der Waals surface area contributed by atoms with Gasteiger partial charge in [0.15, 0.2) is 0 Å². The quantitative estimate of drug-likeness (QED) is 0.877. The molecule has 2 unspecified atom stereocenters. The van der Waals surface area contributed by atoms with Crippen LogP contribution in [0.25, 0.3) is 0 Å². The van der Waals surface area contributed by atoms with E-state index in [1.807, 2.05) is 42.2 Å². The Morgan fingerprint density at radius 1 is 1.29 bits per heavy atom. The van der Waals surface area contributed by atoms with Crippen molar-refractivity contribution < 1.29 is 15.0 Å². The third kappa shape index (κ3) is 4.43. The maximum atomic E-state index is 11.2. The van der Waals surface area contributed by atoms with Gasteiger partial charge < -0.3 is 10.2 Å². The van der Waals surface area contributed by atoms with Gasteiger partial charge in [-0.05, 0) is 43.8 Å². The lowest BCUT2D eigenvalue weighted by atomic mass is 9.87. The van der Waals surface area contributed by atoms with E-state index in [4.69, 9.17) is 0 Å². The Hall–Kier alpha value is -1.10. The SMILES string of the molecule is CCC(C(=O)O)N1CCC(C(O)c2ccccc2)CC1.Cl. The molecule has 0 spiro atoms. The Labute approximate surface area is 132 Å². The Morgan fingerprint density at radius 2 is 1.86 bits per heavy atom. The van der Waals surface area contributed by atoms with Crippen LogP contribution in [0.3, 0.4) is 0 Å². The van der Waals surface area contributed by atoms with Crippen LogP contribution >= 0.6 is 12.4 Å². The number of halogens is 1. The molecule has 0 aromatic heterocycles. The number of aliphatic carboxylic acids is 1. The van der Waals surface area contributed by atoms with Crippen molar-refractivity contribution >= 4 is 18.4 Å². The maximum absolute atomic E-state index is 11.2. The second kappa shape index (κ2) is 8.37. The summed E-state index contributed by atoms with van der Waals surface area (Å²) in [6.07, 6.45) is 1.88. The number of aliphatic hydroxyl groups excluding tert-OH is 1. The molecule has 1 aromatic rings. The summed E-state index contributed by atoms with van der Waals surface area (Å²) < 4.78 is 0. The van der Waals surface area contributed by atoms with Gasteiger partial charge in [-0.3, -0.25) is 9.69 Å². The zero-order chi connectivity index (χ0) is 14.5. The van der Waals surface area contributed by atoms with Crippen molar-refractivity contribution in [3.8, 4) is 0 Å². The summed E-state index contributed by atoms with van der Waals surface area (Å²) >= 11 is 0. The molecule has 0 aliphatic carbocycles. The summed E-state index contributed by atoms with van der Waals surface area (Å²) in [5.74, 6) is -0.519. The van der Waals surface area contributed by atoms with E-state index >= 15 is 0 Å². The largest absolute Gasteiger partial charge is 0.480 e. The lowest BCUT2D eigenvalue weighted by molar-refractivity contribution is -0.144. The van der Waals surface area contributed by atoms with Gasteiger partial charge in [0, 0.05) is 0 Å². The van der Waals surface area contributed by atoms with E-state index < -0.39 is 12.1 Å². The third-order valence-electron chi connectivity index (χ3n) is 4.27. The van der Waals surface area contributed by atoms with Gasteiger partial charge in [-0.2, -0.15) is 0 Å². The number of piperidine rings is 1. The lowest BCUT2D eigenvalue weighted by Gasteiger charge is -2.37. The number of carboxylic acid groups (broad SMARTS) is 1. The van der Waals surface area contributed by atoms with Crippen molar-refractivity contribution in [3.05, 3.63) is 35.9 Å². The second-order valence-corrected chi connectivity index (χ2v) is 5.49. The van der Waals surface area contributed by atoms with Gasteiger partial charge in [0.2, 0.25) is 0 Å². The number of hydrogen-bond donors (Lipinski definition) is 2. The highest BCUT2D eigenvalue weighted by Crippen LogP contribution is 2.31. The fourth-order valence-electron chi connectivity index (χ4n) is 3.06. The molecular formula is C16H24ClNO3. The highest BCUT2D eigenvalue weighted by molar-refractivity contribution is 5.85. The summed E-state index contributed by atoms with van der Waals surface area (Å²) in [5.41, 5.74) is 0.955. The Morgan fingerprint density at radius 3 is 2.33 bits per heavy atom. The normalized spacial score (nSPS) is 19.5. The van der Waals surface area contributed by atoms with Crippen molar-refractivity contribution in [1.29, 1.82) is 0 Å². The predicted octanol–water partition coefficient (Wildman–Crippen LogP) is 2.72. The molecule has 0 radical (unpaired) electrons. The first-order chi connectivity index (χ1) is 9.63. The summed E-state index contributed by atoms with van der Waals surface area (Å²) in [4.78, 5) is 13.2. The summed E-state index contributed by atoms with van der Waals surface area (Å²) in [6.45, 7) is 3.41. The van der Waals surface area contributed by atoms with Gasteiger partial charge in [0.05, 0.1) is 6.10 Å². The molecule has 118 valence electrons. The Bertz CT molecular complexity index is 432. The molecule has 2 N–H and O–H groups in total. The number of carboxylic acids is 1. The molecule has 0 bridgehead atoms. The van der Waals surface area contributed by atoms with Crippen LogP contribution in [0.2, 0.25) is 0 Å². The van der Waals surface area contributed by atoms with Gasteiger partial charge >= 0.3 is 5.97 Å². The van der Waals surface area contributed by atoms with Crippen molar-refractivity contribution in [2.24, 2.45) is 5.92 Å². The van der Waals surface area contributed by atoms with E-state index in [9.17, 15) is 15.0 Å².